The molecule has 0 spiro atoms. The van der Waals surface area contributed by atoms with E-state index in [1.54, 1.807) is 13.1 Å². The summed E-state index contributed by atoms with van der Waals surface area (Å²) in [6, 6.07) is 2.07. The van der Waals surface area contributed by atoms with Crippen LogP contribution in [-0.4, -0.2) is 43.1 Å². The quantitative estimate of drug-likeness (QED) is 0.699. The molecular weight excluding hydrogens is 276 g/mol. The molecule has 2 N–H and O–H groups in total. The van der Waals surface area contributed by atoms with Gasteiger partial charge in [-0.15, -0.1) is 0 Å². The highest BCUT2D eigenvalue weighted by Crippen LogP contribution is 2.46. The van der Waals surface area contributed by atoms with Crippen molar-refractivity contribution in [3.63, 3.8) is 0 Å². The van der Waals surface area contributed by atoms with Crippen LogP contribution in [0.25, 0.3) is 0 Å². The minimum absolute atomic E-state index is 0.128. The third kappa shape index (κ3) is 4.57. The molecule has 1 aromatic heterocycles. The van der Waals surface area contributed by atoms with E-state index in [0.717, 1.165) is 13.1 Å². The summed E-state index contributed by atoms with van der Waals surface area (Å²) in [5.41, 5.74) is 0.296. The highest BCUT2D eigenvalue weighted by molar-refractivity contribution is 7.89. The van der Waals surface area contributed by atoms with Gasteiger partial charge in [0.25, 0.3) is 0 Å². The summed E-state index contributed by atoms with van der Waals surface area (Å²) in [6.45, 7) is 5.92. The van der Waals surface area contributed by atoms with E-state index in [2.05, 4.69) is 15.1 Å². The molecular formula is C13H24N4O2S. The molecule has 1 aliphatic rings. The predicted molar refractivity (Wildman–Crippen MR) is 78.8 cm³/mol. The molecule has 0 unspecified atom stereocenters. The minimum atomic E-state index is -3.10. The Labute approximate surface area is 121 Å². The summed E-state index contributed by atoms with van der Waals surface area (Å²) in [5.74, 6) is 0.128. The van der Waals surface area contributed by atoms with E-state index >= 15 is 0 Å². The van der Waals surface area contributed by atoms with Crippen LogP contribution in [0.2, 0.25) is 0 Å². The van der Waals surface area contributed by atoms with Crippen molar-refractivity contribution in [2.45, 2.75) is 39.3 Å². The fourth-order valence-electron chi connectivity index (χ4n) is 2.12. The number of hydrogen-bond donors (Lipinski definition) is 2. The Morgan fingerprint density at radius 1 is 1.45 bits per heavy atom. The second-order valence-corrected chi connectivity index (χ2v) is 7.83. The number of aromatic nitrogens is 2. The average Bonchev–Trinajstić information content (AvgIpc) is 2.99. The largest absolute Gasteiger partial charge is 0.312 e. The van der Waals surface area contributed by atoms with Crippen LogP contribution in [0.5, 0.6) is 0 Å². The number of nitrogens with zero attached hydrogens (tertiary/aromatic N) is 2. The lowest BCUT2D eigenvalue weighted by atomic mass is 10.1. The molecule has 0 radical (unpaired) electrons. The van der Waals surface area contributed by atoms with E-state index in [1.807, 2.05) is 23.9 Å². The number of hydrogen-bond acceptors (Lipinski definition) is 4. The van der Waals surface area contributed by atoms with Gasteiger partial charge in [0.15, 0.2) is 0 Å². The first-order valence-electron chi connectivity index (χ1n) is 7.13. The summed E-state index contributed by atoms with van der Waals surface area (Å²) < 4.78 is 27.3. The zero-order chi connectivity index (χ0) is 14.6. The predicted octanol–water partition coefficient (Wildman–Crippen LogP) is 0.581. The van der Waals surface area contributed by atoms with Gasteiger partial charge < -0.3 is 5.32 Å². The molecule has 0 aromatic carbocycles. The fraction of sp³-hybridized carbons (Fsp3) is 0.769. The Kier molecular flexibility index (Phi) is 4.82. The number of nitrogens with one attached hydrogen (secondary N) is 2. The SMILES string of the molecule is CCS(=O)(=O)NC[C@H](C)NCC1(Cn2cccn2)CC1. The van der Waals surface area contributed by atoms with Crippen LogP contribution in [0.15, 0.2) is 18.5 Å². The molecule has 7 heteroatoms. The van der Waals surface area contributed by atoms with Crippen molar-refractivity contribution >= 4 is 10.0 Å². The van der Waals surface area contributed by atoms with Crippen LogP contribution in [0.4, 0.5) is 0 Å². The van der Waals surface area contributed by atoms with Crippen LogP contribution in [-0.2, 0) is 16.6 Å². The third-order valence-electron chi connectivity index (χ3n) is 3.83. The second-order valence-electron chi connectivity index (χ2n) is 5.74. The summed E-state index contributed by atoms with van der Waals surface area (Å²) in [4.78, 5) is 0. The van der Waals surface area contributed by atoms with E-state index in [9.17, 15) is 8.42 Å². The van der Waals surface area contributed by atoms with E-state index in [0.29, 0.717) is 12.0 Å². The number of rotatable bonds is 9. The molecule has 1 saturated carbocycles. The lowest BCUT2D eigenvalue weighted by molar-refractivity contribution is 0.355. The monoisotopic (exact) mass is 300 g/mol. The molecule has 0 bridgehead atoms. The Bertz CT molecular complexity index is 508. The Morgan fingerprint density at radius 2 is 2.20 bits per heavy atom. The molecule has 0 saturated heterocycles. The van der Waals surface area contributed by atoms with Gasteiger partial charge in [0, 0.05) is 43.5 Å². The molecule has 1 atom stereocenters. The van der Waals surface area contributed by atoms with Gasteiger partial charge in [0.2, 0.25) is 10.0 Å². The van der Waals surface area contributed by atoms with Crippen LogP contribution < -0.4 is 10.0 Å². The van der Waals surface area contributed by atoms with Crippen LogP contribution in [0.3, 0.4) is 0 Å². The molecule has 1 heterocycles. The zero-order valence-electron chi connectivity index (χ0n) is 12.2. The van der Waals surface area contributed by atoms with Crippen LogP contribution in [0, 0.1) is 5.41 Å². The molecule has 6 nitrogen and oxygen atoms in total. The van der Waals surface area contributed by atoms with Gasteiger partial charge in [-0.1, -0.05) is 0 Å². The first-order chi connectivity index (χ1) is 9.45. The second kappa shape index (κ2) is 6.24. The first kappa shape index (κ1) is 15.5. The van der Waals surface area contributed by atoms with Gasteiger partial charge in [0.1, 0.15) is 0 Å². The lowest BCUT2D eigenvalue weighted by Gasteiger charge is -2.20. The minimum Gasteiger partial charge on any atom is -0.312 e. The van der Waals surface area contributed by atoms with Crippen molar-refractivity contribution in [2.24, 2.45) is 5.41 Å². The van der Waals surface area contributed by atoms with Crippen LogP contribution >= 0.6 is 0 Å². The molecule has 0 aliphatic heterocycles. The highest BCUT2D eigenvalue weighted by atomic mass is 32.2. The molecule has 1 aromatic rings. The molecule has 0 amide bonds. The van der Waals surface area contributed by atoms with Crippen molar-refractivity contribution in [1.82, 2.24) is 19.8 Å². The van der Waals surface area contributed by atoms with Gasteiger partial charge in [-0.2, -0.15) is 5.10 Å². The normalized spacial score (nSPS) is 18.9. The Hall–Kier alpha value is -0.920. The summed E-state index contributed by atoms with van der Waals surface area (Å²) in [7, 11) is -3.10. The Balaban J connectivity index is 1.72. The van der Waals surface area contributed by atoms with E-state index in [4.69, 9.17) is 0 Å². The van der Waals surface area contributed by atoms with Crippen LogP contribution in [0.1, 0.15) is 26.7 Å². The summed E-state index contributed by atoms with van der Waals surface area (Å²) in [6.07, 6.45) is 6.19. The maximum Gasteiger partial charge on any atom is 0.211 e. The van der Waals surface area contributed by atoms with Gasteiger partial charge in [-0.3, -0.25) is 4.68 Å². The summed E-state index contributed by atoms with van der Waals surface area (Å²) in [5, 5.41) is 7.67. The van der Waals surface area contributed by atoms with Crippen molar-refractivity contribution in [1.29, 1.82) is 0 Å². The van der Waals surface area contributed by atoms with Gasteiger partial charge >= 0.3 is 0 Å². The van der Waals surface area contributed by atoms with Crippen molar-refractivity contribution in [2.75, 3.05) is 18.8 Å². The standard InChI is InChI=1S/C13H24N4O2S/c1-3-20(18,19)16-9-12(2)14-10-13(5-6-13)11-17-8-4-7-15-17/h4,7-8,12,14,16H,3,5-6,9-11H2,1-2H3/t12-/m0/s1. The third-order valence-corrected chi connectivity index (χ3v) is 5.20. The molecule has 20 heavy (non-hydrogen) atoms. The molecule has 2 rings (SSSR count). The smallest absolute Gasteiger partial charge is 0.211 e. The maximum atomic E-state index is 11.4. The lowest BCUT2D eigenvalue weighted by Crippen LogP contribution is -2.42. The highest BCUT2D eigenvalue weighted by Gasteiger charge is 2.42. The van der Waals surface area contributed by atoms with Crippen molar-refractivity contribution in [3.8, 4) is 0 Å². The van der Waals surface area contributed by atoms with Crippen molar-refractivity contribution < 1.29 is 8.42 Å². The van der Waals surface area contributed by atoms with Crippen molar-refractivity contribution in [3.05, 3.63) is 18.5 Å². The number of sulfonamides is 1. The zero-order valence-corrected chi connectivity index (χ0v) is 13.0. The summed E-state index contributed by atoms with van der Waals surface area (Å²) >= 11 is 0. The van der Waals surface area contributed by atoms with E-state index in [1.165, 1.54) is 12.8 Å². The van der Waals surface area contributed by atoms with Gasteiger partial charge in [0.05, 0.1) is 5.75 Å². The van der Waals surface area contributed by atoms with E-state index in [-0.39, 0.29) is 11.8 Å². The molecule has 1 fully saturated rings. The maximum absolute atomic E-state index is 11.4. The topological polar surface area (TPSA) is 76.0 Å². The molecule has 1 aliphatic carbocycles. The van der Waals surface area contributed by atoms with Gasteiger partial charge in [-0.05, 0) is 32.8 Å². The van der Waals surface area contributed by atoms with Gasteiger partial charge in [-0.25, -0.2) is 13.1 Å². The first-order valence-corrected chi connectivity index (χ1v) is 8.78. The van der Waals surface area contributed by atoms with E-state index < -0.39 is 10.0 Å². The fourth-order valence-corrected chi connectivity index (χ4v) is 2.83. The molecule has 114 valence electrons. The Morgan fingerprint density at radius 3 is 2.75 bits per heavy atom. The average molecular weight is 300 g/mol.